The molecule has 0 unspecified atom stereocenters. The molecule has 0 amide bonds. The van der Waals surface area contributed by atoms with Crippen LogP contribution in [0.1, 0.15) is 56.6 Å². The van der Waals surface area contributed by atoms with Crippen LogP contribution >= 0.6 is 11.8 Å². The number of hydrogen-bond donors (Lipinski definition) is 2. The Morgan fingerprint density at radius 1 is 1.14 bits per heavy atom. The second kappa shape index (κ2) is 5.41. The second-order valence-electron chi connectivity index (χ2n) is 6.82. The number of hydrazine groups is 1. The summed E-state index contributed by atoms with van der Waals surface area (Å²) in [5.41, 5.74) is 5.02. The molecule has 0 atom stereocenters. The summed E-state index contributed by atoms with van der Waals surface area (Å²) >= 11 is 1.86. The maximum atomic E-state index is 5.92. The van der Waals surface area contributed by atoms with Crippen molar-refractivity contribution in [3.05, 3.63) is 17.1 Å². The molecule has 2 aliphatic rings. The van der Waals surface area contributed by atoms with Crippen molar-refractivity contribution >= 4 is 17.6 Å². The lowest BCUT2D eigenvalue weighted by Crippen LogP contribution is -2.38. The molecule has 0 saturated heterocycles. The molecule has 1 saturated carbocycles. The third-order valence-corrected chi connectivity index (χ3v) is 5.89. The lowest BCUT2D eigenvalue weighted by Gasteiger charge is -2.41. The first-order valence-electron chi connectivity index (χ1n) is 7.49. The smallest absolute Gasteiger partial charge is 0.162 e. The summed E-state index contributed by atoms with van der Waals surface area (Å²) in [5.74, 6) is 9.09. The Morgan fingerprint density at radius 2 is 1.86 bits per heavy atom. The van der Waals surface area contributed by atoms with E-state index in [1.165, 1.54) is 0 Å². The predicted molar refractivity (Wildman–Crippen MR) is 85.8 cm³/mol. The highest BCUT2D eigenvalue weighted by molar-refractivity contribution is 7.98. The molecule has 116 valence electrons. The minimum atomic E-state index is -0.358. The molecule has 1 fully saturated rings. The summed E-state index contributed by atoms with van der Waals surface area (Å²) in [6.07, 6.45) is 4.18. The predicted octanol–water partition coefficient (Wildman–Crippen LogP) is 2.95. The number of nitrogens with two attached hydrogens (primary N) is 1. The molecular weight excluding hydrogens is 284 g/mol. The van der Waals surface area contributed by atoms with Crippen LogP contribution in [0.25, 0.3) is 0 Å². The van der Waals surface area contributed by atoms with Crippen LogP contribution in [-0.2, 0) is 21.8 Å². The Bertz CT molecular complexity index is 537. The van der Waals surface area contributed by atoms with Crippen molar-refractivity contribution in [1.82, 2.24) is 9.97 Å². The number of hydrogen-bond acceptors (Lipinski definition) is 6. The van der Waals surface area contributed by atoms with Gasteiger partial charge in [-0.05, 0) is 31.1 Å². The zero-order valence-corrected chi connectivity index (χ0v) is 13.8. The van der Waals surface area contributed by atoms with Gasteiger partial charge in [-0.2, -0.15) is 11.8 Å². The number of thioether (sulfide) groups is 1. The quantitative estimate of drug-likeness (QED) is 0.660. The van der Waals surface area contributed by atoms with Gasteiger partial charge in [-0.25, -0.2) is 15.8 Å². The molecule has 0 bridgehead atoms. The number of anilines is 1. The number of fused-ring (bicyclic) bond motifs is 1. The molecule has 3 N–H and O–H groups in total. The van der Waals surface area contributed by atoms with Crippen LogP contribution in [-0.4, -0.2) is 17.1 Å². The maximum absolute atomic E-state index is 5.92. The minimum absolute atomic E-state index is 0.358. The van der Waals surface area contributed by atoms with Crippen molar-refractivity contribution in [2.45, 2.75) is 56.6 Å². The number of rotatable bonds is 3. The summed E-state index contributed by atoms with van der Waals surface area (Å²) in [6.45, 7) is 4.64. The Hall–Kier alpha value is -0.850. The molecule has 1 aliphatic carbocycles. The molecule has 6 heteroatoms. The molecule has 0 spiro atoms. The molecule has 0 aromatic carbocycles. The number of methoxy groups -OCH3 is 1. The van der Waals surface area contributed by atoms with E-state index in [-0.39, 0.29) is 5.60 Å². The van der Waals surface area contributed by atoms with Gasteiger partial charge in [-0.1, -0.05) is 13.8 Å². The standard InChI is InChI=1S/C15H24N4OS/c1-14(2)4-6-15(20-3,7-5-14)13-17-11-9-21-8-10(11)12(18-13)19-16/h4-9,16H2,1-3H3,(H,17,18,19). The summed E-state index contributed by atoms with van der Waals surface area (Å²) in [4.78, 5) is 9.52. The molecule has 21 heavy (non-hydrogen) atoms. The van der Waals surface area contributed by atoms with Crippen LogP contribution in [0, 0.1) is 5.41 Å². The van der Waals surface area contributed by atoms with E-state index < -0.39 is 0 Å². The number of nitrogens with one attached hydrogen (secondary N) is 1. The van der Waals surface area contributed by atoms with Gasteiger partial charge >= 0.3 is 0 Å². The largest absolute Gasteiger partial charge is 0.370 e. The fourth-order valence-electron chi connectivity index (χ4n) is 3.22. The molecule has 0 radical (unpaired) electrons. The third-order valence-electron chi connectivity index (χ3n) is 4.92. The highest BCUT2D eigenvalue weighted by atomic mass is 32.2. The van der Waals surface area contributed by atoms with Crippen LogP contribution < -0.4 is 11.3 Å². The van der Waals surface area contributed by atoms with Crippen molar-refractivity contribution in [1.29, 1.82) is 0 Å². The average Bonchev–Trinajstić information content (AvgIpc) is 2.95. The van der Waals surface area contributed by atoms with Crippen LogP contribution in [0.5, 0.6) is 0 Å². The van der Waals surface area contributed by atoms with Gasteiger partial charge in [0.05, 0.1) is 5.69 Å². The Kier molecular flexibility index (Phi) is 3.88. The van der Waals surface area contributed by atoms with Crippen molar-refractivity contribution < 1.29 is 4.74 Å². The van der Waals surface area contributed by atoms with E-state index >= 15 is 0 Å². The highest BCUT2D eigenvalue weighted by Crippen LogP contribution is 2.47. The average molecular weight is 308 g/mol. The number of nitrogens with zero attached hydrogens (tertiary/aromatic N) is 2. The van der Waals surface area contributed by atoms with Crippen molar-refractivity contribution in [2.75, 3.05) is 12.5 Å². The summed E-state index contributed by atoms with van der Waals surface area (Å²) in [6, 6.07) is 0. The van der Waals surface area contributed by atoms with E-state index in [9.17, 15) is 0 Å². The van der Waals surface area contributed by atoms with Gasteiger partial charge in [0.2, 0.25) is 0 Å². The highest BCUT2D eigenvalue weighted by Gasteiger charge is 2.42. The first-order chi connectivity index (χ1) is 10.00. The molecule has 5 nitrogen and oxygen atoms in total. The number of aromatic nitrogens is 2. The second-order valence-corrected chi connectivity index (χ2v) is 7.81. The Labute approximate surface area is 130 Å². The van der Waals surface area contributed by atoms with Crippen LogP contribution in [0.2, 0.25) is 0 Å². The van der Waals surface area contributed by atoms with E-state index in [2.05, 4.69) is 19.3 Å². The maximum Gasteiger partial charge on any atom is 0.162 e. The van der Waals surface area contributed by atoms with E-state index in [1.54, 1.807) is 7.11 Å². The Morgan fingerprint density at radius 3 is 2.48 bits per heavy atom. The molecule has 3 rings (SSSR count). The van der Waals surface area contributed by atoms with E-state index in [4.69, 9.17) is 20.5 Å². The fourth-order valence-corrected chi connectivity index (χ4v) is 4.27. The summed E-state index contributed by atoms with van der Waals surface area (Å²) < 4.78 is 5.92. The summed E-state index contributed by atoms with van der Waals surface area (Å²) in [7, 11) is 1.78. The number of nitrogen functional groups attached to an aromatic ring is 1. The van der Waals surface area contributed by atoms with Crippen molar-refractivity contribution in [3.63, 3.8) is 0 Å². The van der Waals surface area contributed by atoms with Crippen LogP contribution in [0.15, 0.2) is 0 Å². The van der Waals surface area contributed by atoms with Crippen LogP contribution in [0.3, 0.4) is 0 Å². The fraction of sp³-hybridized carbons (Fsp3) is 0.733. The van der Waals surface area contributed by atoms with Gasteiger partial charge in [-0.3, -0.25) is 0 Å². The van der Waals surface area contributed by atoms with Gasteiger partial charge in [-0.15, -0.1) is 0 Å². The normalized spacial score (nSPS) is 22.9. The monoisotopic (exact) mass is 308 g/mol. The van der Waals surface area contributed by atoms with E-state index in [0.29, 0.717) is 5.41 Å². The SMILES string of the molecule is COC1(c2nc3c(c(NN)n2)CSC3)CCC(C)(C)CC1. The van der Waals surface area contributed by atoms with Gasteiger partial charge in [0, 0.05) is 24.2 Å². The van der Waals surface area contributed by atoms with Crippen molar-refractivity contribution in [2.24, 2.45) is 11.3 Å². The first-order valence-corrected chi connectivity index (χ1v) is 8.65. The van der Waals surface area contributed by atoms with E-state index in [0.717, 1.165) is 60.1 Å². The van der Waals surface area contributed by atoms with Crippen LogP contribution in [0.4, 0.5) is 5.82 Å². The lowest BCUT2D eigenvalue weighted by atomic mass is 9.70. The zero-order valence-electron chi connectivity index (χ0n) is 13.0. The molecule has 1 aromatic rings. The van der Waals surface area contributed by atoms with Gasteiger partial charge < -0.3 is 10.2 Å². The number of ether oxygens (including phenoxy) is 1. The topological polar surface area (TPSA) is 73.1 Å². The zero-order chi connectivity index (χ0) is 15.1. The molecule has 1 aliphatic heterocycles. The van der Waals surface area contributed by atoms with Gasteiger partial charge in [0.25, 0.3) is 0 Å². The van der Waals surface area contributed by atoms with Gasteiger partial charge in [0.15, 0.2) is 5.82 Å². The van der Waals surface area contributed by atoms with E-state index in [1.807, 2.05) is 11.8 Å². The molecular formula is C15H24N4OS. The molecule has 2 heterocycles. The first kappa shape index (κ1) is 15.1. The lowest BCUT2D eigenvalue weighted by molar-refractivity contribution is -0.0729. The minimum Gasteiger partial charge on any atom is -0.370 e. The van der Waals surface area contributed by atoms with Crippen molar-refractivity contribution in [3.8, 4) is 0 Å². The third kappa shape index (κ3) is 2.64. The molecule has 1 aromatic heterocycles. The van der Waals surface area contributed by atoms with Gasteiger partial charge in [0.1, 0.15) is 11.4 Å². The summed E-state index contributed by atoms with van der Waals surface area (Å²) in [5, 5.41) is 0. The Balaban J connectivity index is 1.98.